The van der Waals surface area contributed by atoms with Gasteiger partial charge in [-0.1, -0.05) is 176 Å². The normalized spacial score (nSPS) is 15.0. The van der Waals surface area contributed by atoms with Crippen molar-refractivity contribution in [2.24, 2.45) is 0 Å². The van der Waals surface area contributed by atoms with E-state index in [2.05, 4.69) is 194 Å². The van der Waals surface area contributed by atoms with Crippen LogP contribution in [0.15, 0.2) is 194 Å². The van der Waals surface area contributed by atoms with Crippen LogP contribution in [0.3, 0.4) is 0 Å². The molecule has 1 heteroatoms. The van der Waals surface area contributed by atoms with Crippen molar-refractivity contribution in [3.05, 3.63) is 239 Å². The van der Waals surface area contributed by atoms with Crippen LogP contribution in [-0.4, -0.2) is 0 Å². The molecule has 1 aliphatic heterocycles. The third kappa shape index (κ3) is 3.42. The Morgan fingerprint density at radius 1 is 0.309 bits per heavy atom. The number of hydrogen-bond donors (Lipinski definition) is 0. The standard InChI is InChI=1S/C54H32O/c1-2-15-36-33(14-1)28-31-50-52(36)54(44-24-10-5-18-39(44)40-19-6-11-25-45(40)54)48-32-34(29-30-49(48)55-50)35-21-13-27-47-51(35)41-20-7-12-26-46(41)53(47)42-22-8-3-16-37(42)38-17-4-9-23-43(38)53/h1-32H. The van der Waals surface area contributed by atoms with Gasteiger partial charge in [-0.25, -0.2) is 0 Å². The maximum Gasteiger partial charge on any atom is 0.132 e. The van der Waals surface area contributed by atoms with Crippen LogP contribution in [0.25, 0.3) is 55.3 Å². The van der Waals surface area contributed by atoms with Crippen LogP contribution >= 0.6 is 0 Å². The Labute approximate surface area is 319 Å². The molecule has 0 radical (unpaired) electrons. The molecule has 1 heterocycles. The van der Waals surface area contributed by atoms with Crippen molar-refractivity contribution in [1.29, 1.82) is 0 Å². The van der Waals surface area contributed by atoms with E-state index in [1.54, 1.807) is 0 Å². The lowest BCUT2D eigenvalue weighted by atomic mass is 9.64. The lowest BCUT2D eigenvalue weighted by Crippen LogP contribution is -2.32. The van der Waals surface area contributed by atoms with Crippen molar-refractivity contribution in [2.45, 2.75) is 10.8 Å². The van der Waals surface area contributed by atoms with Gasteiger partial charge in [0, 0.05) is 11.1 Å². The van der Waals surface area contributed by atoms with Gasteiger partial charge in [0.15, 0.2) is 0 Å². The second-order valence-corrected chi connectivity index (χ2v) is 15.4. The summed E-state index contributed by atoms with van der Waals surface area (Å²) in [7, 11) is 0. The molecule has 0 saturated heterocycles. The number of rotatable bonds is 1. The van der Waals surface area contributed by atoms with Crippen molar-refractivity contribution < 1.29 is 4.74 Å². The van der Waals surface area contributed by atoms with E-state index in [0.717, 1.165) is 11.5 Å². The molecule has 0 saturated carbocycles. The molecule has 0 N–H and O–H groups in total. The van der Waals surface area contributed by atoms with Gasteiger partial charge in [0.2, 0.25) is 0 Å². The Morgan fingerprint density at radius 3 is 1.42 bits per heavy atom. The summed E-state index contributed by atoms with van der Waals surface area (Å²) >= 11 is 0. The molecular formula is C54H32O. The summed E-state index contributed by atoms with van der Waals surface area (Å²) in [6.45, 7) is 0. The summed E-state index contributed by atoms with van der Waals surface area (Å²) in [5.41, 5.74) is 19.7. The Hall–Kier alpha value is -6.96. The van der Waals surface area contributed by atoms with Crippen LogP contribution in [0.4, 0.5) is 0 Å². The number of ether oxygens (including phenoxy) is 1. The van der Waals surface area contributed by atoms with Gasteiger partial charge in [-0.3, -0.25) is 0 Å². The average molecular weight is 697 g/mol. The van der Waals surface area contributed by atoms with E-state index in [1.807, 2.05) is 0 Å². The van der Waals surface area contributed by atoms with Gasteiger partial charge in [-0.05, 0) is 107 Å². The van der Waals surface area contributed by atoms with E-state index in [9.17, 15) is 0 Å². The van der Waals surface area contributed by atoms with Crippen LogP contribution in [0.5, 0.6) is 11.5 Å². The van der Waals surface area contributed by atoms with Gasteiger partial charge in [-0.15, -0.1) is 0 Å². The highest BCUT2D eigenvalue weighted by molar-refractivity contribution is 6.01. The van der Waals surface area contributed by atoms with Crippen LogP contribution in [-0.2, 0) is 10.8 Å². The Bertz CT molecular complexity index is 3050. The van der Waals surface area contributed by atoms with Crippen molar-refractivity contribution in [3.8, 4) is 56.0 Å². The molecule has 0 aromatic heterocycles. The monoisotopic (exact) mass is 696 g/mol. The molecule has 9 aromatic rings. The predicted molar refractivity (Wildman–Crippen MR) is 223 cm³/mol. The molecule has 0 bridgehead atoms. The van der Waals surface area contributed by atoms with Crippen LogP contribution < -0.4 is 4.74 Å². The zero-order chi connectivity index (χ0) is 35.9. The van der Waals surface area contributed by atoms with Crippen molar-refractivity contribution in [1.82, 2.24) is 0 Å². The molecule has 13 rings (SSSR count). The van der Waals surface area contributed by atoms with Crippen LogP contribution in [0.1, 0.15) is 44.5 Å². The van der Waals surface area contributed by atoms with Crippen molar-refractivity contribution >= 4 is 10.8 Å². The highest BCUT2D eigenvalue weighted by Crippen LogP contribution is 2.66. The molecule has 9 aromatic carbocycles. The number of fused-ring (bicyclic) bond motifs is 21. The lowest BCUT2D eigenvalue weighted by Gasteiger charge is -2.40. The van der Waals surface area contributed by atoms with Gasteiger partial charge >= 0.3 is 0 Å². The van der Waals surface area contributed by atoms with E-state index < -0.39 is 10.8 Å². The summed E-state index contributed by atoms with van der Waals surface area (Å²) in [6.07, 6.45) is 0. The second-order valence-electron chi connectivity index (χ2n) is 15.4. The van der Waals surface area contributed by atoms with Gasteiger partial charge in [0.25, 0.3) is 0 Å². The number of benzene rings is 9. The maximum absolute atomic E-state index is 7.00. The number of hydrogen-bond acceptors (Lipinski definition) is 1. The van der Waals surface area contributed by atoms with Crippen molar-refractivity contribution in [3.63, 3.8) is 0 Å². The molecular weight excluding hydrogens is 665 g/mol. The molecule has 254 valence electrons. The Kier molecular flexibility index (Phi) is 5.56. The SMILES string of the molecule is c1ccc2c(c1)-c1ccccc1C21c2ccccc2-c2c(-c3ccc4c(c3)C3(c5ccccc5-c5ccccc53)c3c(ccc5ccccc35)O4)cccc21. The minimum absolute atomic E-state index is 0.394. The van der Waals surface area contributed by atoms with Gasteiger partial charge < -0.3 is 4.74 Å². The molecule has 2 spiro atoms. The first-order chi connectivity index (χ1) is 27.3. The summed E-state index contributed by atoms with van der Waals surface area (Å²) in [5, 5.41) is 2.43. The quantitative estimate of drug-likeness (QED) is 0.166. The third-order valence-corrected chi connectivity index (χ3v) is 13.2. The smallest absolute Gasteiger partial charge is 0.132 e. The first-order valence-corrected chi connectivity index (χ1v) is 19.3. The Morgan fingerprint density at radius 2 is 0.782 bits per heavy atom. The third-order valence-electron chi connectivity index (χ3n) is 13.2. The first-order valence-electron chi connectivity index (χ1n) is 19.3. The topological polar surface area (TPSA) is 9.23 Å². The lowest BCUT2D eigenvalue weighted by molar-refractivity contribution is 0.438. The Balaban J connectivity index is 1.13. The fourth-order valence-corrected chi connectivity index (χ4v) is 11.2. The molecule has 55 heavy (non-hydrogen) atoms. The summed E-state index contributed by atoms with van der Waals surface area (Å²) in [5.74, 6) is 1.82. The maximum atomic E-state index is 7.00. The summed E-state index contributed by atoms with van der Waals surface area (Å²) in [4.78, 5) is 0. The zero-order valence-corrected chi connectivity index (χ0v) is 29.9. The van der Waals surface area contributed by atoms with Gasteiger partial charge in [-0.2, -0.15) is 0 Å². The average Bonchev–Trinajstić information content (AvgIpc) is 3.84. The fraction of sp³-hybridized carbons (Fsp3) is 0.0370. The highest BCUT2D eigenvalue weighted by atomic mass is 16.5. The van der Waals surface area contributed by atoms with Gasteiger partial charge in [0.1, 0.15) is 11.5 Å². The fourth-order valence-electron chi connectivity index (χ4n) is 11.2. The molecule has 0 fully saturated rings. The first kappa shape index (κ1) is 29.5. The zero-order valence-electron chi connectivity index (χ0n) is 29.9. The molecule has 4 aliphatic rings. The molecule has 0 amide bonds. The molecule has 0 unspecified atom stereocenters. The van der Waals surface area contributed by atoms with Crippen LogP contribution in [0.2, 0.25) is 0 Å². The largest absolute Gasteiger partial charge is 0.457 e. The minimum atomic E-state index is -0.576. The molecule has 3 aliphatic carbocycles. The predicted octanol–water partition coefficient (Wildman–Crippen LogP) is 13.3. The molecule has 1 nitrogen and oxygen atoms in total. The molecule has 0 atom stereocenters. The summed E-state index contributed by atoms with van der Waals surface area (Å²) < 4.78 is 7.00. The van der Waals surface area contributed by atoms with E-state index in [0.29, 0.717) is 0 Å². The minimum Gasteiger partial charge on any atom is -0.457 e. The van der Waals surface area contributed by atoms with Gasteiger partial charge in [0.05, 0.1) is 10.8 Å². The van der Waals surface area contributed by atoms with E-state index in [1.165, 1.54) is 99.8 Å². The van der Waals surface area contributed by atoms with Crippen LogP contribution in [0, 0.1) is 0 Å². The van der Waals surface area contributed by atoms with E-state index >= 15 is 0 Å². The highest BCUT2D eigenvalue weighted by Gasteiger charge is 2.54. The summed E-state index contributed by atoms with van der Waals surface area (Å²) in [6, 6.07) is 72.4. The second kappa shape index (κ2) is 10.4. The van der Waals surface area contributed by atoms with E-state index in [-0.39, 0.29) is 0 Å². The van der Waals surface area contributed by atoms with Crippen molar-refractivity contribution in [2.75, 3.05) is 0 Å². The van der Waals surface area contributed by atoms with E-state index in [4.69, 9.17) is 4.74 Å².